The van der Waals surface area contributed by atoms with E-state index in [0.29, 0.717) is 11.8 Å². The average Bonchev–Trinajstić information content (AvgIpc) is 2.46. The molecule has 1 nitrogen and oxygen atoms in total. The Morgan fingerprint density at radius 2 is 1.79 bits per heavy atom. The van der Waals surface area contributed by atoms with E-state index < -0.39 is 0 Å². The molecule has 0 bridgehead atoms. The van der Waals surface area contributed by atoms with Crippen LogP contribution in [0.5, 0.6) is 0 Å². The molecule has 2 rings (SSSR count). The summed E-state index contributed by atoms with van der Waals surface area (Å²) in [6, 6.07) is 8.70. The highest BCUT2D eigenvalue weighted by molar-refractivity contribution is 6.19. The van der Waals surface area contributed by atoms with Crippen molar-refractivity contribution in [3.8, 4) is 0 Å². The third kappa shape index (κ3) is 4.01. The number of anilines is 1. The Morgan fingerprint density at radius 1 is 1.16 bits per heavy atom. The van der Waals surface area contributed by atoms with Crippen LogP contribution in [0.15, 0.2) is 29.8 Å². The lowest BCUT2D eigenvalue weighted by molar-refractivity contribution is 0.405. The van der Waals surface area contributed by atoms with Gasteiger partial charge < -0.3 is 4.90 Å². The van der Waals surface area contributed by atoms with Gasteiger partial charge in [-0.3, -0.25) is 0 Å². The quantitative estimate of drug-likeness (QED) is 0.704. The molecule has 0 unspecified atom stereocenters. The summed E-state index contributed by atoms with van der Waals surface area (Å²) in [5.74, 6) is 1.37. The SMILES string of the molecule is CN(C)c1ccc(C=C(CCl)C2CCCCC2)cc1. The molecular weight excluding hydrogens is 254 g/mol. The Hall–Kier alpha value is -0.950. The number of hydrogen-bond acceptors (Lipinski definition) is 1. The standard InChI is InChI=1S/C17H24ClN/c1-19(2)17-10-8-14(9-11-17)12-16(13-18)15-6-4-3-5-7-15/h8-12,15H,3-7,13H2,1-2H3. The Morgan fingerprint density at radius 3 is 2.32 bits per heavy atom. The summed E-state index contributed by atoms with van der Waals surface area (Å²) in [4.78, 5) is 2.12. The van der Waals surface area contributed by atoms with E-state index in [0.717, 1.165) is 0 Å². The van der Waals surface area contributed by atoms with Crippen molar-refractivity contribution >= 4 is 23.4 Å². The van der Waals surface area contributed by atoms with Gasteiger partial charge in [-0.1, -0.05) is 43.0 Å². The van der Waals surface area contributed by atoms with Crippen molar-refractivity contribution in [2.24, 2.45) is 5.92 Å². The molecule has 1 fully saturated rings. The molecule has 19 heavy (non-hydrogen) atoms. The van der Waals surface area contributed by atoms with Gasteiger partial charge >= 0.3 is 0 Å². The maximum Gasteiger partial charge on any atom is 0.0439 e. The van der Waals surface area contributed by atoms with E-state index in [1.54, 1.807) is 0 Å². The van der Waals surface area contributed by atoms with E-state index in [2.05, 4.69) is 49.3 Å². The van der Waals surface area contributed by atoms with Crippen molar-refractivity contribution in [2.45, 2.75) is 32.1 Å². The molecule has 0 aliphatic heterocycles. The zero-order valence-electron chi connectivity index (χ0n) is 12.0. The van der Waals surface area contributed by atoms with Gasteiger partial charge in [-0.05, 0) is 36.5 Å². The first-order valence-corrected chi connectivity index (χ1v) is 7.78. The highest BCUT2D eigenvalue weighted by Gasteiger charge is 2.16. The van der Waals surface area contributed by atoms with Crippen LogP contribution < -0.4 is 4.90 Å². The normalized spacial score (nSPS) is 17.5. The summed E-state index contributed by atoms with van der Waals surface area (Å²) in [6.45, 7) is 0. The van der Waals surface area contributed by atoms with Crippen LogP contribution in [0.3, 0.4) is 0 Å². The van der Waals surface area contributed by atoms with Gasteiger partial charge in [0.15, 0.2) is 0 Å². The highest BCUT2D eigenvalue weighted by Crippen LogP contribution is 2.31. The van der Waals surface area contributed by atoms with E-state index in [4.69, 9.17) is 11.6 Å². The minimum Gasteiger partial charge on any atom is -0.378 e. The first-order chi connectivity index (χ1) is 9.20. The third-order valence-corrected chi connectivity index (χ3v) is 4.35. The second-order valence-electron chi connectivity index (χ2n) is 5.67. The molecule has 1 saturated carbocycles. The number of benzene rings is 1. The van der Waals surface area contributed by atoms with Crippen LogP contribution in [0.2, 0.25) is 0 Å². The first-order valence-electron chi connectivity index (χ1n) is 7.24. The predicted octanol–water partition coefficient (Wildman–Crippen LogP) is 4.96. The van der Waals surface area contributed by atoms with Crippen LogP contribution in [0, 0.1) is 5.92 Å². The van der Waals surface area contributed by atoms with Gasteiger partial charge in [0.25, 0.3) is 0 Å². The predicted molar refractivity (Wildman–Crippen MR) is 86.0 cm³/mol. The molecule has 2 heteroatoms. The number of halogens is 1. The van der Waals surface area contributed by atoms with Gasteiger partial charge in [0, 0.05) is 25.7 Å². The molecule has 104 valence electrons. The number of rotatable bonds is 4. The fourth-order valence-corrected chi connectivity index (χ4v) is 3.12. The fourth-order valence-electron chi connectivity index (χ4n) is 2.82. The summed E-state index contributed by atoms with van der Waals surface area (Å²) >= 11 is 6.16. The van der Waals surface area contributed by atoms with Crippen LogP contribution in [0.1, 0.15) is 37.7 Å². The monoisotopic (exact) mass is 277 g/mol. The molecule has 0 atom stereocenters. The van der Waals surface area contributed by atoms with Crippen LogP contribution >= 0.6 is 11.6 Å². The lowest BCUT2D eigenvalue weighted by atomic mass is 9.83. The van der Waals surface area contributed by atoms with Crippen molar-refractivity contribution in [3.05, 3.63) is 35.4 Å². The molecule has 1 aliphatic rings. The first kappa shape index (κ1) is 14.5. The van der Waals surface area contributed by atoms with Gasteiger partial charge in [-0.15, -0.1) is 11.6 Å². The number of alkyl halides is 1. The van der Waals surface area contributed by atoms with Crippen molar-refractivity contribution in [3.63, 3.8) is 0 Å². The van der Waals surface area contributed by atoms with E-state index in [1.807, 2.05) is 0 Å². The van der Waals surface area contributed by atoms with Crippen molar-refractivity contribution in [1.82, 2.24) is 0 Å². The van der Waals surface area contributed by atoms with Gasteiger partial charge in [0.1, 0.15) is 0 Å². The van der Waals surface area contributed by atoms with Crippen LogP contribution in [0.25, 0.3) is 6.08 Å². The average molecular weight is 278 g/mol. The van der Waals surface area contributed by atoms with E-state index in [-0.39, 0.29) is 0 Å². The summed E-state index contributed by atoms with van der Waals surface area (Å²) in [5.41, 5.74) is 3.92. The molecular formula is C17H24ClN. The summed E-state index contributed by atoms with van der Waals surface area (Å²) in [6.07, 6.45) is 9.03. The lowest BCUT2D eigenvalue weighted by Gasteiger charge is -2.23. The molecule has 0 aromatic heterocycles. The highest BCUT2D eigenvalue weighted by atomic mass is 35.5. The van der Waals surface area contributed by atoms with Gasteiger partial charge in [0.2, 0.25) is 0 Å². The summed E-state index contributed by atoms with van der Waals surface area (Å²) in [7, 11) is 4.13. The number of allylic oxidation sites excluding steroid dienone is 1. The minimum atomic E-state index is 0.667. The minimum absolute atomic E-state index is 0.667. The Labute approximate surface area is 122 Å². The topological polar surface area (TPSA) is 3.24 Å². The zero-order chi connectivity index (χ0) is 13.7. The molecule has 0 saturated heterocycles. The molecule has 0 radical (unpaired) electrons. The second kappa shape index (κ2) is 7.00. The molecule has 1 aromatic rings. The van der Waals surface area contributed by atoms with E-state index >= 15 is 0 Å². The molecule has 1 aromatic carbocycles. The summed E-state index contributed by atoms with van der Waals surface area (Å²) < 4.78 is 0. The van der Waals surface area contributed by atoms with Crippen molar-refractivity contribution in [1.29, 1.82) is 0 Å². The third-order valence-electron chi connectivity index (χ3n) is 4.05. The molecule has 0 spiro atoms. The van der Waals surface area contributed by atoms with Gasteiger partial charge in [0.05, 0.1) is 0 Å². The van der Waals surface area contributed by atoms with Gasteiger partial charge in [-0.25, -0.2) is 0 Å². The Bertz CT molecular complexity index is 413. The van der Waals surface area contributed by atoms with Crippen LogP contribution in [-0.2, 0) is 0 Å². The van der Waals surface area contributed by atoms with Crippen molar-refractivity contribution < 1.29 is 0 Å². The second-order valence-corrected chi connectivity index (χ2v) is 5.94. The van der Waals surface area contributed by atoms with Crippen molar-refractivity contribution in [2.75, 3.05) is 24.9 Å². The zero-order valence-corrected chi connectivity index (χ0v) is 12.8. The molecule has 0 heterocycles. The number of hydrogen-bond donors (Lipinski definition) is 0. The maximum atomic E-state index is 6.16. The largest absolute Gasteiger partial charge is 0.378 e. The maximum absolute atomic E-state index is 6.16. The number of nitrogens with zero attached hydrogens (tertiary/aromatic N) is 1. The van der Waals surface area contributed by atoms with Crippen LogP contribution in [0.4, 0.5) is 5.69 Å². The summed E-state index contributed by atoms with van der Waals surface area (Å²) in [5, 5.41) is 0. The van der Waals surface area contributed by atoms with Crippen LogP contribution in [-0.4, -0.2) is 20.0 Å². The van der Waals surface area contributed by atoms with E-state index in [1.165, 1.54) is 48.9 Å². The molecule has 1 aliphatic carbocycles. The molecule has 0 N–H and O–H groups in total. The lowest BCUT2D eigenvalue weighted by Crippen LogP contribution is -2.10. The van der Waals surface area contributed by atoms with Gasteiger partial charge in [-0.2, -0.15) is 0 Å². The Kier molecular flexibility index (Phi) is 5.33. The van der Waals surface area contributed by atoms with E-state index in [9.17, 15) is 0 Å². The molecule has 0 amide bonds. The smallest absolute Gasteiger partial charge is 0.0439 e. The fraction of sp³-hybridized carbons (Fsp3) is 0.529. The Balaban J connectivity index is 2.12.